The van der Waals surface area contributed by atoms with Crippen molar-refractivity contribution in [1.29, 1.82) is 0 Å². The summed E-state index contributed by atoms with van der Waals surface area (Å²) in [6.45, 7) is 7.75. The van der Waals surface area contributed by atoms with Crippen LogP contribution in [0.15, 0.2) is 71.9 Å². The summed E-state index contributed by atoms with van der Waals surface area (Å²) < 4.78 is 2.05. The normalized spacial score (nSPS) is 19.8. The highest BCUT2D eigenvalue weighted by Crippen LogP contribution is 2.19. The highest BCUT2D eigenvalue weighted by molar-refractivity contribution is 6.02. The second kappa shape index (κ2) is 11.3. The van der Waals surface area contributed by atoms with Gasteiger partial charge in [0.05, 0.1) is 12.2 Å². The summed E-state index contributed by atoms with van der Waals surface area (Å²) in [6.07, 6.45) is 4.04. The zero-order chi connectivity index (χ0) is 23.0. The number of aliphatic imine (C=N–C) groups is 1. The van der Waals surface area contributed by atoms with Gasteiger partial charge in [0.1, 0.15) is 0 Å². The molecule has 0 bridgehead atoms. The van der Waals surface area contributed by atoms with Crippen LogP contribution in [-0.2, 0) is 19.4 Å². The molecule has 0 saturated carbocycles. The molecule has 0 radical (unpaired) electrons. The quantitative estimate of drug-likeness (QED) is 0.485. The van der Waals surface area contributed by atoms with Crippen LogP contribution in [0, 0.1) is 0 Å². The molecule has 3 aromatic rings. The zero-order valence-electron chi connectivity index (χ0n) is 19.8. The highest BCUT2D eigenvalue weighted by atomic mass is 15.3. The zero-order valence-corrected chi connectivity index (χ0v) is 19.8. The molecule has 7 heteroatoms. The Hall–Kier alpha value is -3.16. The molecule has 0 aliphatic carbocycles. The first-order valence-electron chi connectivity index (χ1n) is 12.5. The average molecular weight is 458 g/mol. The van der Waals surface area contributed by atoms with Gasteiger partial charge in [-0.15, -0.1) is 0 Å². The Morgan fingerprint density at radius 1 is 0.912 bits per heavy atom. The van der Waals surface area contributed by atoms with E-state index in [-0.39, 0.29) is 6.04 Å². The van der Waals surface area contributed by atoms with Crippen molar-refractivity contribution in [1.82, 2.24) is 25.3 Å². The molecule has 1 fully saturated rings. The van der Waals surface area contributed by atoms with Crippen LogP contribution in [0.25, 0.3) is 0 Å². The van der Waals surface area contributed by atoms with E-state index in [1.54, 1.807) is 0 Å². The molecule has 0 spiro atoms. The van der Waals surface area contributed by atoms with Crippen LogP contribution in [-0.4, -0.2) is 72.4 Å². The van der Waals surface area contributed by atoms with Crippen molar-refractivity contribution >= 4 is 11.5 Å². The molecule has 2 aromatic carbocycles. The van der Waals surface area contributed by atoms with Crippen LogP contribution in [0.4, 0.5) is 5.69 Å². The largest absolute Gasteiger partial charge is 0.380 e. The third-order valence-electron chi connectivity index (χ3n) is 6.56. The van der Waals surface area contributed by atoms with Gasteiger partial charge in [-0.25, -0.2) is 0 Å². The third kappa shape index (κ3) is 6.04. The number of amidine groups is 1. The first-order valence-corrected chi connectivity index (χ1v) is 12.5. The number of hydrogen-bond donors (Lipinski definition) is 3. The second-order valence-electron chi connectivity index (χ2n) is 9.12. The summed E-state index contributed by atoms with van der Waals surface area (Å²) in [7, 11) is 0. The summed E-state index contributed by atoms with van der Waals surface area (Å²) in [5.74, 6) is 0.912. The van der Waals surface area contributed by atoms with E-state index in [9.17, 15) is 0 Å². The van der Waals surface area contributed by atoms with E-state index in [1.807, 2.05) is 0 Å². The number of fused-ring (bicyclic) bond motifs is 1. The van der Waals surface area contributed by atoms with Crippen LogP contribution in [0.1, 0.15) is 16.8 Å². The molecular formula is C27H35N7. The number of hydrogen-bond acceptors (Lipinski definition) is 5. The maximum absolute atomic E-state index is 5.03. The van der Waals surface area contributed by atoms with Crippen molar-refractivity contribution in [3.63, 3.8) is 0 Å². The van der Waals surface area contributed by atoms with Crippen LogP contribution in [0.2, 0.25) is 0 Å². The standard InChI is InChI=1S/C27H35N7/c1-3-7-22(8-4-1)11-15-34-21-25-26(32-34)27(29-14-18-33-16-12-28-13-17-33)31-24(20-30-25)19-23-9-5-2-6-10-23/h1-10,21,24,28,30H,11-20H2,(H,29,31). The monoisotopic (exact) mass is 457 g/mol. The van der Waals surface area contributed by atoms with Gasteiger partial charge in [0.25, 0.3) is 0 Å². The second-order valence-corrected chi connectivity index (χ2v) is 9.12. The molecular weight excluding hydrogens is 422 g/mol. The predicted octanol–water partition coefficient (Wildman–Crippen LogP) is 2.40. The van der Waals surface area contributed by atoms with Gasteiger partial charge in [-0.3, -0.25) is 14.6 Å². The lowest BCUT2D eigenvalue weighted by molar-refractivity contribution is 0.247. The molecule has 5 rings (SSSR count). The summed E-state index contributed by atoms with van der Waals surface area (Å²) >= 11 is 0. The van der Waals surface area contributed by atoms with Crippen molar-refractivity contribution in [2.45, 2.75) is 25.4 Å². The van der Waals surface area contributed by atoms with Crippen LogP contribution < -0.4 is 16.0 Å². The smallest absolute Gasteiger partial charge is 0.151 e. The number of piperazine rings is 1. The molecule has 34 heavy (non-hydrogen) atoms. The van der Waals surface area contributed by atoms with Crippen molar-refractivity contribution in [2.75, 3.05) is 51.1 Å². The lowest BCUT2D eigenvalue weighted by Gasteiger charge is -2.26. The van der Waals surface area contributed by atoms with E-state index in [2.05, 4.69) is 92.4 Å². The van der Waals surface area contributed by atoms with E-state index < -0.39 is 0 Å². The minimum atomic E-state index is 0.257. The summed E-state index contributed by atoms with van der Waals surface area (Å²) in [6, 6.07) is 21.5. The number of nitrogens with zero attached hydrogens (tertiary/aromatic N) is 4. The lowest BCUT2D eigenvalue weighted by Crippen LogP contribution is -2.44. The Morgan fingerprint density at radius 2 is 1.65 bits per heavy atom. The molecule has 178 valence electrons. The SMILES string of the molecule is c1ccc(CCn2cc3c(n2)C(=NCCN2CCNCC2)NC(Cc2ccccc2)CN3)cc1. The summed E-state index contributed by atoms with van der Waals surface area (Å²) in [5, 5.41) is 15.7. The lowest BCUT2D eigenvalue weighted by atomic mass is 10.1. The maximum Gasteiger partial charge on any atom is 0.151 e. The summed E-state index contributed by atoms with van der Waals surface area (Å²) in [4.78, 5) is 7.51. The number of aromatic nitrogens is 2. The third-order valence-corrected chi connectivity index (χ3v) is 6.56. The number of rotatable bonds is 8. The van der Waals surface area contributed by atoms with Crippen LogP contribution in [0.5, 0.6) is 0 Å². The average Bonchev–Trinajstić information content (AvgIpc) is 3.23. The van der Waals surface area contributed by atoms with Gasteiger partial charge in [-0.2, -0.15) is 5.10 Å². The minimum absolute atomic E-state index is 0.257. The fourth-order valence-corrected chi connectivity index (χ4v) is 4.65. The van der Waals surface area contributed by atoms with Crippen molar-refractivity contribution in [2.24, 2.45) is 4.99 Å². The molecule has 2 aliphatic heterocycles. The van der Waals surface area contributed by atoms with Crippen LogP contribution in [0.3, 0.4) is 0 Å². The Labute approximate surface area is 202 Å². The van der Waals surface area contributed by atoms with E-state index in [1.165, 1.54) is 11.1 Å². The van der Waals surface area contributed by atoms with Gasteiger partial charge in [0.2, 0.25) is 0 Å². The molecule has 1 saturated heterocycles. The fraction of sp³-hybridized carbons (Fsp3) is 0.407. The Balaban J connectivity index is 1.31. The van der Waals surface area contributed by atoms with Gasteiger partial charge in [0, 0.05) is 58.1 Å². The number of benzene rings is 2. The molecule has 2 aliphatic rings. The number of anilines is 1. The fourth-order valence-electron chi connectivity index (χ4n) is 4.65. The van der Waals surface area contributed by atoms with E-state index in [0.29, 0.717) is 0 Å². The van der Waals surface area contributed by atoms with Crippen molar-refractivity contribution in [3.8, 4) is 0 Å². The van der Waals surface area contributed by atoms with E-state index in [0.717, 1.165) is 82.4 Å². The highest BCUT2D eigenvalue weighted by Gasteiger charge is 2.23. The van der Waals surface area contributed by atoms with Gasteiger partial charge in [0.15, 0.2) is 11.5 Å². The van der Waals surface area contributed by atoms with E-state index in [4.69, 9.17) is 10.1 Å². The topological polar surface area (TPSA) is 69.5 Å². The van der Waals surface area contributed by atoms with Gasteiger partial charge in [-0.1, -0.05) is 60.7 Å². The molecule has 1 atom stereocenters. The van der Waals surface area contributed by atoms with Gasteiger partial charge >= 0.3 is 0 Å². The Kier molecular flexibility index (Phi) is 7.53. The molecule has 0 amide bonds. The van der Waals surface area contributed by atoms with E-state index >= 15 is 0 Å². The molecule has 3 heterocycles. The number of nitrogens with one attached hydrogen (secondary N) is 3. The number of aryl methyl sites for hydroxylation is 2. The Bertz CT molecular complexity index is 1060. The maximum atomic E-state index is 5.03. The molecule has 1 unspecified atom stereocenters. The van der Waals surface area contributed by atoms with Gasteiger partial charge in [-0.05, 0) is 24.0 Å². The first-order chi connectivity index (χ1) is 16.8. The molecule has 7 nitrogen and oxygen atoms in total. The Morgan fingerprint density at radius 3 is 2.41 bits per heavy atom. The van der Waals surface area contributed by atoms with Gasteiger partial charge < -0.3 is 16.0 Å². The first kappa shape index (κ1) is 22.6. The minimum Gasteiger partial charge on any atom is -0.380 e. The van der Waals surface area contributed by atoms with Crippen LogP contribution >= 0.6 is 0 Å². The van der Waals surface area contributed by atoms with Crippen molar-refractivity contribution in [3.05, 3.63) is 83.7 Å². The predicted molar refractivity (Wildman–Crippen MR) is 139 cm³/mol. The molecule has 3 N–H and O–H groups in total. The summed E-state index contributed by atoms with van der Waals surface area (Å²) in [5.41, 5.74) is 4.66. The van der Waals surface area contributed by atoms with Crippen molar-refractivity contribution < 1.29 is 0 Å². The molecule has 1 aromatic heterocycles.